The van der Waals surface area contributed by atoms with Gasteiger partial charge in [0.05, 0.1) is 5.56 Å². The molecular weight excluding hydrogens is 519 g/mol. The summed E-state index contributed by atoms with van der Waals surface area (Å²) in [5.74, 6) is -0.242. The molecule has 208 valence electrons. The summed E-state index contributed by atoms with van der Waals surface area (Å²) in [4.78, 5) is 33.5. The lowest BCUT2D eigenvalue weighted by molar-refractivity contribution is -0.137. The summed E-state index contributed by atoms with van der Waals surface area (Å²) in [5.41, 5.74) is 3.13. The number of anilines is 2. The summed E-state index contributed by atoms with van der Waals surface area (Å²) < 4.78 is 39.6. The number of hydrogen-bond donors (Lipinski definition) is 3. The van der Waals surface area contributed by atoms with Crippen LogP contribution in [0.1, 0.15) is 16.7 Å². The number of aryl methyl sites for hydroxylation is 1. The first-order valence-electron chi connectivity index (χ1n) is 13.1. The molecular formula is C30H30F3N5O2. The topological polar surface area (TPSA) is 80.5 Å². The molecule has 2 heterocycles. The smallest absolute Gasteiger partial charge is 0.368 e. The van der Waals surface area contributed by atoms with Crippen molar-refractivity contribution in [2.24, 2.45) is 0 Å². The Morgan fingerprint density at radius 3 is 2.42 bits per heavy atom. The number of fused-ring (bicyclic) bond motifs is 1. The first kappa shape index (κ1) is 27.1. The molecule has 5 rings (SSSR count). The van der Waals surface area contributed by atoms with Crippen LogP contribution >= 0.6 is 0 Å². The standard InChI is InChI=1S/C30H30F3N5O2/c1-20-7-2-4-11-25(20)35-29(40)36-27(17-21-19-34-26-12-5-3-10-24(21)26)28(39)38-15-13-37(14-16-38)23-9-6-8-22(18-23)30(31,32)33/h2-12,18-19,27,34H,13-17H2,1H3,(H2,35,36,40). The molecule has 0 saturated carbocycles. The minimum atomic E-state index is -4.42. The molecule has 10 heteroatoms. The van der Waals surface area contributed by atoms with Crippen molar-refractivity contribution in [3.05, 3.63) is 95.7 Å². The number of carbonyl (C=O) groups excluding carboxylic acids is 2. The number of nitrogens with zero attached hydrogens (tertiary/aromatic N) is 2. The maximum Gasteiger partial charge on any atom is 0.416 e. The fraction of sp³-hybridized carbons (Fsp3) is 0.267. The second kappa shape index (κ2) is 11.3. The Hall–Kier alpha value is -4.47. The predicted molar refractivity (Wildman–Crippen MR) is 149 cm³/mol. The molecule has 3 aromatic carbocycles. The monoisotopic (exact) mass is 549 g/mol. The largest absolute Gasteiger partial charge is 0.416 e. The first-order chi connectivity index (χ1) is 19.2. The van der Waals surface area contributed by atoms with E-state index in [9.17, 15) is 22.8 Å². The van der Waals surface area contributed by atoms with E-state index in [2.05, 4.69) is 15.6 Å². The third-order valence-electron chi connectivity index (χ3n) is 7.23. The number of hydrogen-bond acceptors (Lipinski definition) is 3. The fourth-order valence-corrected chi connectivity index (χ4v) is 5.03. The summed E-state index contributed by atoms with van der Waals surface area (Å²) in [6.45, 7) is 3.28. The maximum absolute atomic E-state index is 13.8. The Morgan fingerprint density at radius 2 is 1.68 bits per heavy atom. The van der Waals surface area contributed by atoms with Crippen LogP contribution in [0.15, 0.2) is 79.0 Å². The SMILES string of the molecule is Cc1ccccc1NC(=O)NC(Cc1c[nH]c2ccccc12)C(=O)N1CCN(c2cccc(C(F)(F)F)c2)CC1. The molecule has 40 heavy (non-hydrogen) atoms. The van der Waals surface area contributed by atoms with Crippen molar-refractivity contribution in [1.29, 1.82) is 0 Å². The number of H-pyrrole nitrogens is 1. The van der Waals surface area contributed by atoms with Gasteiger partial charge in [-0.3, -0.25) is 4.79 Å². The molecule has 1 aromatic heterocycles. The van der Waals surface area contributed by atoms with Crippen LogP contribution < -0.4 is 15.5 Å². The molecule has 1 saturated heterocycles. The van der Waals surface area contributed by atoms with Gasteiger partial charge in [-0.05, 0) is 48.4 Å². The van der Waals surface area contributed by atoms with Gasteiger partial charge in [-0.2, -0.15) is 13.2 Å². The van der Waals surface area contributed by atoms with Gasteiger partial charge in [-0.15, -0.1) is 0 Å². The highest BCUT2D eigenvalue weighted by molar-refractivity contribution is 5.95. The molecule has 7 nitrogen and oxygen atoms in total. The van der Waals surface area contributed by atoms with E-state index in [1.807, 2.05) is 60.5 Å². The number of rotatable bonds is 6. The maximum atomic E-state index is 13.8. The van der Waals surface area contributed by atoms with Crippen LogP contribution in [-0.4, -0.2) is 54.0 Å². The predicted octanol–water partition coefficient (Wildman–Crippen LogP) is 5.58. The van der Waals surface area contributed by atoms with E-state index in [1.165, 1.54) is 6.07 Å². The number of urea groups is 1. The number of halogens is 3. The van der Waals surface area contributed by atoms with E-state index >= 15 is 0 Å². The Kier molecular flexibility index (Phi) is 7.68. The molecule has 0 bridgehead atoms. The van der Waals surface area contributed by atoms with E-state index < -0.39 is 23.8 Å². The number of aromatic nitrogens is 1. The minimum absolute atomic E-state index is 0.242. The van der Waals surface area contributed by atoms with Gasteiger partial charge in [0.25, 0.3) is 0 Å². The Bertz CT molecular complexity index is 1510. The van der Waals surface area contributed by atoms with E-state index in [0.29, 0.717) is 37.6 Å². The zero-order valence-electron chi connectivity index (χ0n) is 22.0. The normalized spacial score (nSPS) is 14.7. The zero-order valence-corrected chi connectivity index (χ0v) is 22.0. The van der Waals surface area contributed by atoms with Crippen LogP contribution in [0.3, 0.4) is 0 Å². The summed E-state index contributed by atoms with van der Waals surface area (Å²) in [6, 6.07) is 19.0. The first-order valence-corrected chi connectivity index (χ1v) is 13.1. The number of carbonyl (C=O) groups is 2. The van der Waals surface area contributed by atoms with Gasteiger partial charge in [-0.1, -0.05) is 42.5 Å². The summed E-state index contributed by atoms with van der Waals surface area (Å²) in [6.07, 6.45) is -2.30. The minimum Gasteiger partial charge on any atom is -0.368 e. The molecule has 1 unspecified atom stereocenters. The van der Waals surface area contributed by atoms with Gasteiger partial charge in [0.15, 0.2) is 0 Å². The number of para-hydroxylation sites is 2. The van der Waals surface area contributed by atoms with Gasteiger partial charge in [0, 0.05) is 61.1 Å². The lowest BCUT2D eigenvalue weighted by Crippen LogP contribution is -2.56. The van der Waals surface area contributed by atoms with Gasteiger partial charge in [-0.25, -0.2) is 4.79 Å². The highest BCUT2D eigenvalue weighted by Crippen LogP contribution is 2.32. The number of aromatic amines is 1. The third kappa shape index (κ3) is 6.06. The van der Waals surface area contributed by atoms with Crippen molar-refractivity contribution in [3.63, 3.8) is 0 Å². The van der Waals surface area contributed by atoms with Gasteiger partial charge < -0.3 is 25.4 Å². The van der Waals surface area contributed by atoms with E-state index in [0.717, 1.165) is 34.2 Å². The van der Waals surface area contributed by atoms with Gasteiger partial charge >= 0.3 is 12.2 Å². The van der Waals surface area contributed by atoms with Gasteiger partial charge in [0.1, 0.15) is 6.04 Å². The second-order valence-electron chi connectivity index (χ2n) is 9.89. The fourth-order valence-electron chi connectivity index (χ4n) is 5.03. The Balaban J connectivity index is 1.31. The van der Waals surface area contributed by atoms with Crippen LogP contribution in [0.25, 0.3) is 10.9 Å². The van der Waals surface area contributed by atoms with Crippen molar-refractivity contribution < 1.29 is 22.8 Å². The molecule has 0 spiro atoms. The van der Waals surface area contributed by atoms with Crippen LogP contribution in [0.2, 0.25) is 0 Å². The van der Waals surface area contributed by atoms with Crippen molar-refractivity contribution in [2.45, 2.75) is 25.6 Å². The molecule has 3 amide bonds. The second-order valence-corrected chi connectivity index (χ2v) is 9.89. The van der Waals surface area contributed by atoms with E-state index in [4.69, 9.17) is 0 Å². The lowest BCUT2D eigenvalue weighted by Gasteiger charge is -2.38. The van der Waals surface area contributed by atoms with Crippen LogP contribution in [0, 0.1) is 6.92 Å². The van der Waals surface area contributed by atoms with Crippen molar-refractivity contribution in [1.82, 2.24) is 15.2 Å². The molecule has 1 atom stereocenters. The number of alkyl halides is 3. The van der Waals surface area contributed by atoms with Crippen LogP contribution in [0.5, 0.6) is 0 Å². The summed E-state index contributed by atoms with van der Waals surface area (Å²) in [7, 11) is 0. The summed E-state index contributed by atoms with van der Waals surface area (Å²) >= 11 is 0. The number of piperazine rings is 1. The third-order valence-corrected chi connectivity index (χ3v) is 7.23. The molecule has 1 aliphatic rings. The summed E-state index contributed by atoms with van der Waals surface area (Å²) in [5, 5.41) is 6.67. The number of nitrogens with one attached hydrogen (secondary N) is 3. The molecule has 4 aromatic rings. The Labute approximate surface area is 230 Å². The van der Waals surface area contributed by atoms with Gasteiger partial charge in [0.2, 0.25) is 5.91 Å². The average Bonchev–Trinajstić information content (AvgIpc) is 3.36. The highest BCUT2D eigenvalue weighted by Gasteiger charge is 2.32. The van der Waals surface area contributed by atoms with E-state index in [-0.39, 0.29) is 12.3 Å². The number of amides is 3. The lowest BCUT2D eigenvalue weighted by atomic mass is 10.0. The Morgan fingerprint density at radius 1 is 0.950 bits per heavy atom. The average molecular weight is 550 g/mol. The van der Waals surface area contributed by atoms with Crippen molar-refractivity contribution in [2.75, 3.05) is 36.4 Å². The van der Waals surface area contributed by atoms with Crippen molar-refractivity contribution >= 4 is 34.2 Å². The molecule has 1 aliphatic heterocycles. The van der Waals surface area contributed by atoms with E-state index in [1.54, 1.807) is 17.0 Å². The molecule has 1 fully saturated rings. The number of benzene rings is 3. The highest BCUT2D eigenvalue weighted by atomic mass is 19.4. The van der Waals surface area contributed by atoms with Crippen LogP contribution in [-0.2, 0) is 17.4 Å². The van der Waals surface area contributed by atoms with Crippen LogP contribution in [0.4, 0.5) is 29.3 Å². The van der Waals surface area contributed by atoms with Crippen molar-refractivity contribution in [3.8, 4) is 0 Å². The quantitative estimate of drug-likeness (QED) is 0.294. The zero-order chi connectivity index (χ0) is 28.3. The molecule has 0 radical (unpaired) electrons. The molecule has 0 aliphatic carbocycles. The molecule has 3 N–H and O–H groups in total.